The van der Waals surface area contributed by atoms with Gasteiger partial charge in [-0.05, 0) is 44.0 Å². The van der Waals surface area contributed by atoms with Gasteiger partial charge in [0.05, 0.1) is 22.9 Å². The van der Waals surface area contributed by atoms with Gasteiger partial charge < -0.3 is 10.1 Å². The van der Waals surface area contributed by atoms with Crippen molar-refractivity contribution < 1.29 is 13.9 Å². The molecule has 0 saturated carbocycles. The number of nitrogens with zero attached hydrogens (tertiary/aromatic N) is 1. The highest BCUT2D eigenvalue weighted by Crippen LogP contribution is 2.18. The van der Waals surface area contributed by atoms with Gasteiger partial charge in [0.2, 0.25) is 0 Å². The number of rotatable bonds is 3. The van der Waals surface area contributed by atoms with E-state index in [4.69, 9.17) is 4.74 Å². The minimum atomic E-state index is -0.334. The summed E-state index contributed by atoms with van der Waals surface area (Å²) in [7, 11) is 0. The van der Waals surface area contributed by atoms with Crippen molar-refractivity contribution in [1.29, 1.82) is 0 Å². The number of hydrogen-bond donors (Lipinski definition) is 1. The van der Waals surface area contributed by atoms with E-state index >= 15 is 0 Å². The Kier molecular flexibility index (Phi) is 3.84. The van der Waals surface area contributed by atoms with Gasteiger partial charge in [0.1, 0.15) is 5.82 Å². The van der Waals surface area contributed by atoms with Crippen molar-refractivity contribution >= 4 is 16.8 Å². The Labute approximate surface area is 122 Å². The number of pyridine rings is 1. The number of amides is 1. The molecule has 1 aliphatic rings. The number of carbonyl (C=O) groups excluding carboxylic acids is 1. The summed E-state index contributed by atoms with van der Waals surface area (Å²) < 4.78 is 18.8. The molecule has 0 unspecified atom stereocenters. The lowest BCUT2D eigenvalue weighted by atomic mass is 10.1. The van der Waals surface area contributed by atoms with Crippen LogP contribution in [-0.4, -0.2) is 30.1 Å². The van der Waals surface area contributed by atoms with Crippen molar-refractivity contribution in [2.45, 2.75) is 25.9 Å². The fraction of sp³-hybridized carbons (Fsp3) is 0.375. The topological polar surface area (TPSA) is 51.2 Å². The number of nitrogens with one attached hydrogen (secondary N) is 1. The van der Waals surface area contributed by atoms with Crippen LogP contribution in [0.15, 0.2) is 24.3 Å². The van der Waals surface area contributed by atoms with Gasteiger partial charge >= 0.3 is 0 Å². The molecule has 21 heavy (non-hydrogen) atoms. The molecule has 0 spiro atoms. The first-order valence-electron chi connectivity index (χ1n) is 7.10. The summed E-state index contributed by atoms with van der Waals surface area (Å²) in [5.74, 6) is -0.527. The van der Waals surface area contributed by atoms with Gasteiger partial charge in [-0.2, -0.15) is 0 Å². The van der Waals surface area contributed by atoms with Crippen LogP contribution in [0.3, 0.4) is 0 Å². The fourth-order valence-corrected chi connectivity index (χ4v) is 2.58. The van der Waals surface area contributed by atoms with Crippen molar-refractivity contribution in [3.05, 3.63) is 41.3 Å². The molecule has 2 heterocycles. The molecule has 1 fully saturated rings. The smallest absolute Gasteiger partial charge is 0.253 e. The average molecular weight is 288 g/mol. The molecule has 1 aliphatic heterocycles. The van der Waals surface area contributed by atoms with Crippen molar-refractivity contribution in [3.8, 4) is 0 Å². The Morgan fingerprint density at radius 2 is 2.33 bits per heavy atom. The van der Waals surface area contributed by atoms with Gasteiger partial charge in [-0.1, -0.05) is 0 Å². The van der Waals surface area contributed by atoms with Crippen LogP contribution in [-0.2, 0) is 4.74 Å². The van der Waals surface area contributed by atoms with Crippen LogP contribution in [0.25, 0.3) is 10.9 Å². The van der Waals surface area contributed by atoms with Crippen molar-refractivity contribution in [2.75, 3.05) is 13.2 Å². The Hall–Kier alpha value is -2.01. The maximum Gasteiger partial charge on any atom is 0.253 e. The number of ether oxygens (including phenoxy) is 1. The zero-order valence-corrected chi connectivity index (χ0v) is 11.9. The molecule has 5 heteroatoms. The second-order valence-corrected chi connectivity index (χ2v) is 5.30. The summed E-state index contributed by atoms with van der Waals surface area (Å²) in [6, 6.07) is 6.06. The van der Waals surface area contributed by atoms with E-state index in [9.17, 15) is 9.18 Å². The van der Waals surface area contributed by atoms with E-state index in [1.807, 2.05) is 0 Å². The molecule has 110 valence electrons. The summed E-state index contributed by atoms with van der Waals surface area (Å²) >= 11 is 0. The third-order valence-electron chi connectivity index (χ3n) is 3.73. The zero-order chi connectivity index (χ0) is 14.8. The molecular formula is C16H17FN2O2. The third-order valence-corrected chi connectivity index (χ3v) is 3.73. The zero-order valence-electron chi connectivity index (χ0n) is 11.9. The Bertz CT molecular complexity index is 681. The van der Waals surface area contributed by atoms with Gasteiger partial charge in [0.15, 0.2) is 0 Å². The van der Waals surface area contributed by atoms with Crippen LogP contribution >= 0.6 is 0 Å². The van der Waals surface area contributed by atoms with Crippen LogP contribution < -0.4 is 5.32 Å². The Morgan fingerprint density at radius 3 is 3.10 bits per heavy atom. The predicted molar refractivity (Wildman–Crippen MR) is 77.7 cm³/mol. The largest absolute Gasteiger partial charge is 0.376 e. The highest BCUT2D eigenvalue weighted by Gasteiger charge is 2.18. The summed E-state index contributed by atoms with van der Waals surface area (Å²) in [5, 5.41) is 3.49. The lowest BCUT2D eigenvalue weighted by Crippen LogP contribution is -2.32. The number of hydrogen-bond acceptors (Lipinski definition) is 3. The first-order valence-corrected chi connectivity index (χ1v) is 7.10. The molecule has 1 saturated heterocycles. The monoisotopic (exact) mass is 288 g/mol. The maximum absolute atomic E-state index is 13.3. The van der Waals surface area contributed by atoms with Gasteiger partial charge in [0, 0.05) is 18.5 Å². The van der Waals surface area contributed by atoms with Crippen LogP contribution in [0.2, 0.25) is 0 Å². The molecule has 1 aromatic carbocycles. The van der Waals surface area contributed by atoms with Gasteiger partial charge in [-0.3, -0.25) is 9.78 Å². The predicted octanol–water partition coefficient (Wildman–Crippen LogP) is 2.59. The first-order chi connectivity index (χ1) is 10.1. The lowest BCUT2D eigenvalue weighted by Gasteiger charge is -2.12. The minimum absolute atomic E-state index is 0.0973. The second-order valence-electron chi connectivity index (χ2n) is 5.30. The highest BCUT2D eigenvalue weighted by molar-refractivity contribution is 5.98. The minimum Gasteiger partial charge on any atom is -0.376 e. The highest BCUT2D eigenvalue weighted by atomic mass is 19.1. The summed E-state index contributed by atoms with van der Waals surface area (Å²) in [6.07, 6.45) is 2.11. The van der Waals surface area contributed by atoms with Crippen molar-refractivity contribution in [1.82, 2.24) is 10.3 Å². The van der Waals surface area contributed by atoms with Gasteiger partial charge in [-0.15, -0.1) is 0 Å². The molecule has 0 radical (unpaired) electrons. The van der Waals surface area contributed by atoms with Gasteiger partial charge in [-0.25, -0.2) is 4.39 Å². The van der Waals surface area contributed by atoms with E-state index in [2.05, 4.69) is 10.3 Å². The van der Waals surface area contributed by atoms with Gasteiger partial charge in [0.25, 0.3) is 5.91 Å². The number of carbonyl (C=O) groups is 1. The molecule has 1 N–H and O–H groups in total. The van der Waals surface area contributed by atoms with E-state index in [1.54, 1.807) is 19.1 Å². The molecule has 3 rings (SSSR count). The molecule has 0 aliphatic carbocycles. The fourth-order valence-electron chi connectivity index (χ4n) is 2.58. The van der Waals surface area contributed by atoms with Crippen molar-refractivity contribution in [2.24, 2.45) is 0 Å². The van der Waals surface area contributed by atoms with Crippen LogP contribution in [0.1, 0.15) is 28.9 Å². The summed E-state index contributed by atoms with van der Waals surface area (Å²) in [4.78, 5) is 16.6. The van der Waals surface area contributed by atoms with E-state index in [1.165, 1.54) is 12.1 Å². The molecule has 2 aromatic rings. The molecular weight excluding hydrogens is 271 g/mol. The van der Waals surface area contributed by atoms with Crippen LogP contribution in [0, 0.1) is 12.7 Å². The van der Waals surface area contributed by atoms with E-state index in [0.29, 0.717) is 28.7 Å². The number of benzene rings is 1. The van der Waals surface area contributed by atoms with E-state index in [0.717, 1.165) is 19.4 Å². The first kappa shape index (κ1) is 13.9. The molecule has 1 atom stereocenters. The normalized spacial score (nSPS) is 18.1. The number of halogens is 1. The maximum atomic E-state index is 13.3. The lowest BCUT2D eigenvalue weighted by molar-refractivity contribution is 0.0857. The third kappa shape index (κ3) is 3.03. The summed E-state index contributed by atoms with van der Waals surface area (Å²) in [5.41, 5.74) is 1.80. The molecule has 4 nitrogen and oxygen atoms in total. The molecule has 0 bridgehead atoms. The summed E-state index contributed by atoms with van der Waals surface area (Å²) in [6.45, 7) is 3.04. The van der Waals surface area contributed by atoms with Crippen molar-refractivity contribution in [3.63, 3.8) is 0 Å². The Balaban J connectivity index is 1.81. The Morgan fingerprint density at radius 1 is 1.48 bits per heavy atom. The number of aromatic nitrogens is 1. The van der Waals surface area contributed by atoms with Crippen LogP contribution in [0.4, 0.5) is 4.39 Å². The van der Waals surface area contributed by atoms with Crippen LogP contribution in [0.5, 0.6) is 0 Å². The van der Waals surface area contributed by atoms with E-state index < -0.39 is 0 Å². The average Bonchev–Trinajstić information content (AvgIpc) is 2.98. The standard InChI is InChI=1S/C16H17FN2O2/c1-10-14(16(20)18-9-13-3-2-6-21-13)8-11-7-12(17)4-5-15(11)19-10/h4-5,7-8,13H,2-3,6,9H2,1H3,(H,18,20)/t13-/m0/s1. The number of aryl methyl sites for hydroxylation is 1. The SMILES string of the molecule is Cc1nc2ccc(F)cc2cc1C(=O)NC[C@@H]1CCCO1. The molecule has 1 aromatic heterocycles. The number of fused-ring (bicyclic) bond motifs is 1. The quantitative estimate of drug-likeness (QED) is 0.944. The van der Waals surface area contributed by atoms with E-state index in [-0.39, 0.29) is 17.8 Å². The molecule has 1 amide bonds. The second kappa shape index (κ2) is 5.77.